The minimum absolute atomic E-state index is 0. The molecule has 0 unspecified atom stereocenters. The Morgan fingerprint density at radius 1 is 0.867 bits per heavy atom. The summed E-state index contributed by atoms with van der Waals surface area (Å²) in [6.45, 7) is 5.04. The summed E-state index contributed by atoms with van der Waals surface area (Å²) in [5.41, 5.74) is 6.15. The SMILES string of the molecule is CC(=O)/C=C(/C)O.Cc1ccc2c(ccc3c(-c4[c-]c5ccccc5c(C#N)c4)nccc32)c1-c1cc[c]([Ge]([CH3])([CH3])[CH3])cc1.[Ir]. The third-order valence-corrected chi connectivity index (χ3v) is 12.1. The minimum Gasteiger partial charge on any atom is 0 e. The van der Waals surface area contributed by atoms with Crippen LogP contribution in [-0.4, -0.2) is 29.1 Å². The molecule has 6 rings (SSSR count). The zero-order valence-corrected chi connectivity index (χ0v) is 30.8. The molecule has 1 aromatic heterocycles. The van der Waals surface area contributed by atoms with Gasteiger partial charge in [-0.2, -0.15) is 5.26 Å². The molecule has 0 aliphatic heterocycles. The van der Waals surface area contributed by atoms with Crippen molar-refractivity contribution in [3.8, 4) is 28.5 Å². The van der Waals surface area contributed by atoms with Gasteiger partial charge in [-0.3, -0.25) is 4.79 Å². The van der Waals surface area contributed by atoms with E-state index in [1.807, 2.05) is 36.5 Å². The maximum atomic E-state index is 10.0. The molecule has 0 aliphatic carbocycles. The molecule has 6 aromatic rings. The summed E-state index contributed by atoms with van der Waals surface area (Å²) in [4.78, 5) is 14.8. The van der Waals surface area contributed by atoms with Crippen LogP contribution in [-0.2, 0) is 24.9 Å². The van der Waals surface area contributed by atoms with E-state index in [0.29, 0.717) is 5.56 Å². The molecule has 0 atom stereocenters. The normalized spacial score (nSPS) is 11.4. The second-order valence-corrected chi connectivity index (χ2v) is 22.8. The first-order chi connectivity index (χ1) is 21.0. The number of aryl methyl sites for hydroxylation is 1. The zero-order chi connectivity index (χ0) is 31.6. The van der Waals surface area contributed by atoms with E-state index in [9.17, 15) is 10.1 Å². The molecule has 0 amide bonds. The van der Waals surface area contributed by atoms with Gasteiger partial charge in [-0.15, -0.1) is 11.5 Å². The van der Waals surface area contributed by atoms with Crippen LogP contribution >= 0.6 is 0 Å². The Balaban J connectivity index is 0.000000519. The van der Waals surface area contributed by atoms with Crippen molar-refractivity contribution in [3.63, 3.8) is 0 Å². The molecule has 0 saturated heterocycles. The van der Waals surface area contributed by atoms with Crippen LogP contribution in [0.4, 0.5) is 0 Å². The number of carbonyl (C=O) groups excluding carboxylic acids is 1. The van der Waals surface area contributed by atoms with Gasteiger partial charge in [0.2, 0.25) is 0 Å². The largest absolute Gasteiger partial charge is 0 e. The van der Waals surface area contributed by atoms with Crippen LogP contribution in [0.15, 0.2) is 103 Å². The van der Waals surface area contributed by atoms with Gasteiger partial charge in [-0.1, -0.05) is 23.6 Å². The maximum absolute atomic E-state index is 10.0. The molecule has 227 valence electrons. The number of fused-ring (bicyclic) bond motifs is 4. The van der Waals surface area contributed by atoms with Crippen LogP contribution in [0.25, 0.3) is 54.7 Å². The fourth-order valence-electron chi connectivity index (χ4n) is 5.66. The van der Waals surface area contributed by atoms with Crippen LogP contribution < -0.4 is 4.40 Å². The predicted molar refractivity (Wildman–Crippen MR) is 186 cm³/mol. The summed E-state index contributed by atoms with van der Waals surface area (Å²) in [5, 5.41) is 24.7. The van der Waals surface area contributed by atoms with Gasteiger partial charge in [-0.05, 0) is 19.4 Å². The molecule has 1 radical (unpaired) electrons. The van der Waals surface area contributed by atoms with Gasteiger partial charge in [0.1, 0.15) is 0 Å². The Bertz CT molecular complexity index is 2120. The number of aliphatic hydroxyl groups is 1. The average Bonchev–Trinajstić information content (AvgIpc) is 2.99. The summed E-state index contributed by atoms with van der Waals surface area (Å²) in [6, 6.07) is 35.9. The molecule has 5 aromatic carbocycles. The summed E-state index contributed by atoms with van der Waals surface area (Å²) < 4.78 is 1.52. The van der Waals surface area contributed by atoms with Crippen molar-refractivity contribution >= 4 is 55.8 Å². The van der Waals surface area contributed by atoms with Gasteiger partial charge < -0.3 is 5.11 Å². The summed E-state index contributed by atoms with van der Waals surface area (Å²) >= 11 is -1.87. The molecule has 1 heterocycles. The zero-order valence-electron chi connectivity index (χ0n) is 26.3. The van der Waals surface area contributed by atoms with Gasteiger partial charge in [0.25, 0.3) is 0 Å². The standard InChI is InChI=1S/C34H27GeN2.C5H8O2.Ir/c1-22-9-14-29-30-17-18-37-34(25-19-24-7-5-6-8-28(24)26(20-25)21-36)32(30)16-15-31(29)33(22)23-10-12-27(13-11-23)35(2,3)4;1-4(6)3-5(2)7;/h5-18,20H,1-4H3;3,6H,1-2H3;/q-1;;/b;4-3-;. The molecular formula is C39H35GeIrN2O2-. The Morgan fingerprint density at radius 2 is 1.51 bits per heavy atom. The average molecular weight is 829 g/mol. The van der Waals surface area contributed by atoms with Crippen LogP contribution in [0.2, 0.25) is 17.3 Å². The van der Waals surface area contributed by atoms with E-state index in [4.69, 9.17) is 10.1 Å². The van der Waals surface area contributed by atoms with Crippen LogP contribution in [0.5, 0.6) is 0 Å². The minimum atomic E-state index is -1.87. The molecule has 4 nitrogen and oxygen atoms in total. The maximum Gasteiger partial charge on any atom is 0 e. The number of hydrogen-bond donors (Lipinski definition) is 1. The number of aliphatic hydroxyl groups excluding tert-OH is 1. The Kier molecular flexibility index (Phi) is 10.5. The van der Waals surface area contributed by atoms with E-state index in [-0.39, 0.29) is 31.6 Å². The predicted octanol–water partition coefficient (Wildman–Crippen LogP) is 9.44. The van der Waals surface area contributed by atoms with Gasteiger partial charge >= 0.3 is 169 Å². The number of nitrogens with zero attached hydrogens (tertiary/aromatic N) is 2. The second-order valence-electron chi connectivity index (χ2n) is 12.2. The number of ketones is 1. The molecule has 1 N–H and O–H groups in total. The molecule has 6 heteroatoms. The quantitative estimate of drug-likeness (QED) is 0.0633. The monoisotopic (exact) mass is 830 g/mol. The van der Waals surface area contributed by atoms with Crippen molar-refractivity contribution in [2.24, 2.45) is 0 Å². The number of pyridine rings is 1. The van der Waals surface area contributed by atoms with E-state index in [2.05, 4.69) is 90.9 Å². The molecular weight excluding hydrogens is 793 g/mol. The smallest absolute Gasteiger partial charge is 0 e. The van der Waals surface area contributed by atoms with Crippen LogP contribution in [0.3, 0.4) is 0 Å². The number of rotatable bonds is 4. The third-order valence-electron chi connectivity index (χ3n) is 7.75. The Hall–Kier alpha value is -4.08. The number of aromatic nitrogens is 1. The van der Waals surface area contributed by atoms with E-state index in [0.717, 1.165) is 32.8 Å². The molecule has 0 spiro atoms. The Morgan fingerprint density at radius 3 is 2.13 bits per heavy atom. The first-order valence-corrected chi connectivity index (χ1v) is 22.0. The summed E-state index contributed by atoms with van der Waals surface area (Å²) in [5.74, 6) is 7.24. The number of allylic oxidation sites excluding steroid dienone is 2. The van der Waals surface area contributed by atoms with Crippen molar-refractivity contribution in [1.82, 2.24) is 4.98 Å². The molecule has 0 bridgehead atoms. The van der Waals surface area contributed by atoms with Crippen LogP contribution in [0.1, 0.15) is 25.0 Å². The van der Waals surface area contributed by atoms with Crippen molar-refractivity contribution in [2.75, 3.05) is 0 Å². The third kappa shape index (κ3) is 7.26. The topological polar surface area (TPSA) is 74.0 Å². The van der Waals surface area contributed by atoms with Crippen LogP contribution in [0, 0.1) is 24.3 Å². The fraction of sp³-hybridized carbons (Fsp3) is 0.154. The molecule has 0 fully saturated rings. The first-order valence-electron chi connectivity index (χ1n) is 14.6. The number of carbonyl (C=O) groups is 1. The first kappa shape index (κ1) is 33.8. The van der Waals surface area contributed by atoms with Crippen molar-refractivity contribution < 1.29 is 30.0 Å². The van der Waals surface area contributed by atoms with Gasteiger partial charge in [0.05, 0.1) is 11.8 Å². The Labute approximate surface area is 281 Å². The van der Waals surface area contributed by atoms with E-state index < -0.39 is 13.3 Å². The number of nitriles is 1. The summed E-state index contributed by atoms with van der Waals surface area (Å²) in [6.07, 6.45) is 3.04. The molecule has 0 aliphatic rings. The summed E-state index contributed by atoms with van der Waals surface area (Å²) in [7, 11) is 0. The molecule has 0 saturated carbocycles. The van der Waals surface area contributed by atoms with Crippen molar-refractivity contribution in [2.45, 2.75) is 38.0 Å². The van der Waals surface area contributed by atoms with Crippen molar-refractivity contribution in [1.29, 1.82) is 5.26 Å². The van der Waals surface area contributed by atoms with E-state index >= 15 is 0 Å². The number of hydrogen-bond acceptors (Lipinski definition) is 4. The fourth-order valence-corrected chi connectivity index (χ4v) is 8.11. The second kappa shape index (κ2) is 13.9. The van der Waals surface area contributed by atoms with E-state index in [1.165, 1.54) is 51.8 Å². The van der Waals surface area contributed by atoms with Gasteiger partial charge in [0, 0.05) is 26.2 Å². The molecule has 45 heavy (non-hydrogen) atoms. The van der Waals surface area contributed by atoms with Gasteiger partial charge in [0.15, 0.2) is 5.78 Å². The van der Waals surface area contributed by atoms with Crippen molar-refractivity contribution in [3.05, 3.63) is 120 Å². The van der Waals surface area contributed by atoms with Gasteiger partial charge in [-0.25, -0.2) is 0 Å². The van der Waals surface area contributed by atoms with E-state index in [1.54, 1.807) is 0 Å². The number of benzene rings is 5.